The first-order chi connectivity index (χ1) is 8.43. The molecule has 0 saturated carbocycles. The van der Waals surface area contributed by atoms with Gasteiger partial charge in [-0.25, -0.2) is 13.1 Å². The maximum Gasteiger partial charge on any atom is 0.211 e. The van der Waals surface area contributed by atoms with Gasteiger partial charge in [0.15, 0.2) is 0 Å². The zero-order valence-electron chi connectivity index (χ0n) is 11.0. The number of hydrogen-bond donors (Lipinski definition) is 3. The highest BCUT2D eigenvalue weighted by atomic mass is 32.2. The highest BCUT2D eigenvalue weighted by Gasteiger charge is 2.23. The number of unbranched alkanes of at least 4 members (excludes halogenated alkanes) is 1. The molecule has 106 valence electrons. The fourth-order valence-electron chi connectivity index (χ4n) is 2.10. The molecule has 0 aliphatic carbocycles. The number of rotatable bonds is 7. The summed E-state index contributed by atoms with van der Waals surface area (Å²) in [7, 11) is -3.12. The van der Waals surface area contributed by atoms with Crippen LogP contribution in [0.2, 0.25) is 0 Å². The molecule has 0 amide bonds. The summed E-state index contributed by atoms with van der Waals surface area (Å²) in [6.07, 6.45) is 3.17. The van der Waals surface area contributed by atoms with Gasteiger partial charge in [-0.2, -0.15) is 0 Å². The molecule has 0 radical (unpaired) electrons. The number of nitrogens with zero attached hydrogens (tertiary/aromatic N) is 1. The van der Waals surface area contributed by atoms with Crippen molar-refractivity contribution in [3.63, 3.8) is 0 Å². The minimum Gasteiger partial charge on any atom is -0.387 e. The third-order valence-corrected chi connectivity index (χ3v) is 4.61. The summed E-state index contributed by atoms with van der Waals surface area (Å²) in [6.45, 7) is 4.05. The van der Waals surface area contributed by atoms with Crippen LogP contribution in [0.5, 0.6) is 0 Å². The van der Waals surface area contributed by atoms with Crippen molar-refractivity contribution in [3.05, 3.63) is 0 Å². The quantitative estimate of drug-likeness (QED) is 0.454. The molecule has 1 aliphatic heterocycles. The number of likely N-dealkylation sites (tertiary alicyclic amines) is 1. The summed E-state index contributed by atoms with van der Waals surface area (Å²) >= 11 is 0. The van der Waals surface area contributed by atoms with Gasteiger partial charge in [0, 0.05) is 19.1 Å². The summed E-state index contributed by atoms with van der Waals surface area (Å²) in [5, 5.41) is 7.23. The largest absolute Gasteiger partial charge is 0.387 e. The third kappa shape index (κ3) is 5.79. The minimum absolute atomic E-state index is 0.0371. The van der Waals surface area contributed by atoms with E-state index >= 15 is 0 Å². The Morgan fingerprint density at radius 3 is 2.56 bits per heavy atom. The molecule has 1 heterocycles. The summed E-state index contributed by atoms with van der Waals surface area (Å²) in [5.74, 6) is 0.383. The van der Waals surface area contributed by atoms with Crippen LogP contribution in [0, 0.1) is 5.41 Å². The van der Waals surface area contributed by atoms with Crippen LogP contribution >= 0.6 is 0 Å². The average molecular weight is 276 g/mol. The van der Waals surface area contributed by atoms with Crippen LogP contribution in [0.3, 0.4) is 0 Å². The topological polar surface area (TPSA) is 99.3 Å². The predicted molar refractivity (Wildman–Crippen MR) is 73.2 cm³/mol. The first-order valence-corrected chi connectivity index (χ1v) is 8.13. The highest BCUT2D eigenvalue weighted by molar-refractivity contribution is 7.89. The van der Waals surface area contributed by atoms with Crippen molar-refractivity contribution >= 4 is 15.9 Å². The molecule has 0 atom stereocenters. The van der Waals surface area contributed by atoms with Crippen LogP contribution in [-0.2, 0) is 10.0 Å². The van der Waals surface area contributed by atoms with Gasteiger partial charge >= 0.3 is 0 Å². The van der Waals surface area contributed by atoms with E-state index < -0.39 is 10.0 Å². The Labute approximate surface area is 109 Å². The SMILES string of the molecule is CCCCS(=O)(=O)NC1CCN(CC(=N)N)CC1. The van der Waals surface area contributed by atoms with Crippen molar-refractivity contribution in [1.29, 1.82) is 5.41 Å². The number of hydrogen-bond acceptors (Lipinski definition) is 4. The fourth-order valence-corrected chi connectivity index (χ4v) is 3.63. The Balaban J connectivity index is 2.33. The van der Waals surface area contributed by atoms with Crippen molar-refractivity contribution in [2.75, 3.05) is 25.4 Å². The van der Waals surface area contributed by atoms with Gasteiger partial charge in [0.25, 0.3) is 0 Å². The Hall–Kier alpha value is -0.660. The van der Waals surface area contributed by atoms with E-state index in [0.29, 0.717) is 13.0 Å². The van der Waals surface area contributed by atoms with Crippen LogP contribution in [0.4, 0.5) is 0 Å². The van der Waals surface area contributed by atoms with Crippen LogP contribution in [0.15, 0.2) is 0 Å². The Morgan fingerprint density at radius 2 is 2.06 bits per heavy atom. The van der Waals surface area contributed by atoms with Gasteiger partial charge in [0.1, 0.15) is 5.84 Å². The molecular formula is C11H24N4O2S. The smallest absolute Gasteiger partial charge is 0.211 e. The first-order valence-electron chi connectivity index (χ1n) is 6.48. The van der Waals surface area contributed by atoms with E-state index in [0.717, 1.165) is 32.4 Å². The number of sulfonamides is 1. The lowest BCUT2D eigenvalue weighted by Gasteiger charge is -2.31. The second-order valence-corrected chi connectivity index (χ2v) is 6.74. The van der Waals surface area contributed by atoms with Crippen LogP contribution < -0.4 is 10.5 Å². The zero-order chi connectivity index (χ0) is 13.6. The lowest BCUT2D eigenvalue weighted by molar-refractivity contribution is 0.231. The van der Waals surface area contributed by atoms with Crippen molar-refractivity contribution in [2.24, 2.45) is 5.73 Å². The molecule has 18 heavy (non-hydrogen) atoms. The number of piperidine rings is 1. The summed E-state index contributed by atoms with van der Waals surface area (Å²) in [5.41, 5.74) is 5.34. The molecule has 0 unspecified atom stereocenters. The molecule has 1 aliphatic rings. The highest BCUT2D eigenvalue weighted by Crippen LogP contribution is 2.11. The van der Waals surface area contributed by atoms with E-state index in [9.17, 15) is 8.42 Å². The molecule has 1 saturated heterocycles. The molecule has 0 bridgehead atoms. The molecule has 1 rings (SSSR count). The molecule has 1 fully saturated rings. The maximum absolute atomic E-state index is 11.7. The fraction of sp³-hybridized carbons (Fsp3) is 0.909. The number of nitrogens with one attached hydrogen (secondary N) is 2. The second-order valence-electron chi connectivity index (χ2n) is 4.87. The van der Waals surface area contributed by atoms with E-state index in [-0.39, 0.29) is 17.6 Å². The van der Waals surface area contributed by atoms with Gasteiger partial charge in [-0.1, -0.05) is 13.3 Å². The van der Waals surface area contributed by atoms with Crippen LogP contribution in [0.25, 0.3) is 0 Å². The molecule has 7 heteroatoms. The van der Waals surface area contributed by atoms with Gasteiger partial charge in [-0.05, 0) is 19.3 Å². The zero-order valence-corrected chi connectivity index (χ0v) is 11.8. The van der Waals surface area contributed by atoms with Gasteiger partial charge < -0.3 is 5.73 Å². The second kappa shape index (κ2) is 7.06. The summed E-state index contributed by atoms with van der Waals surface area (Å²) in [6, 6.07) is 0.0371. The monoisotopic (exact) mass is 276 g/mol. The Kier molecular flexibility index (Phi) is 6.04. The first kappa shape index (κ1) is 15.4. The average Bonchev–Trinajstić information content (AvgIpc) is 2.28. The van der Waals surface area contributed by atoms with E-state index in [4.69, 9.17) is 11.1 Å². The predicted octanol–water partition coefficient (Wildman–Crippen LogP) is 0.106. The van der Waals surface area contributed by atoms with E-state index in [1.54, 1.807) is 0 Å². The number of amidine groups is 1. The summed E-state index contributed by atoms with van der Waals surface area (Å²) < 4.78 is 26.2. The van der Waals surface area contributed by atoms with Gasteiger partial charge in [-0.15, -0.1) is 0 Å². The third-order valence-electron chi connectivity index (χ3n) is 3.09. The molecule has 0 aromatic rings. The van der Waals surface area contributed by atoms with E-state index in [2.05, 4.69) is 9.62 Å². The number of nitrogens with two attached hydrogens (primary N) is 1. The standard InChI is InChI=1S/C11H24N4O2S/c1-2-3-8-18(16,17)14-10-4-6-15(7-5-10)9-11(12)13/h10,14H,2-9H2,1H3,(H3,12,13). The van der Waals surface area contributed by atoms with Gasteiger partial charge in [0.2, 0.25) is 10.0 Å². The molecule has 6 nitrogen and oxygen atoms in total. The molecular weight excluding hydrogens is 252 g/mol. The maximum atomic E-state index is 11.7. The molecule has 0 aromatic carbocycles. The lowest BCUT2D eigenvalue weighted by Crippen LogP contribution is -2.47. The van der Waals surface area contributed by atoms with E-state index in [1.807, 2.05) is 6.92 Å². The van der Waals surface area contributed by atoms with Crippen molar-refractivity contribution in [1.82, 2.24) is 9.62 Å². The van der Waals surface area contributed by atoms with E-state index in [1.165, 1.54) is 0 Å². The Morgan fingerprint density at radius 1 is 1.44 bits per heavy atom. The molecule has 0 aromatic heterocycles. The van der Waals surface area contributed by atoms with Gasteiger partial charge in [0.05, 0.1) is 12.3 Å². The minimum atomic E-state index is -3.12. The van der Waals surface area contributed by atoms with Gasteiger partial charge in [-0.3, -0.25) is 10.3 Å². The van der Waals surface area contributed by atoms with Crippen LogP contribution in [-0.4, -0.2) is 50.6 Å². The van der Waals surface area contributed by atoms with Crippen molar-refractivity contribution in [3.8, 4) is 0 Å². The molecule has 4 N–H and O–H groups in total. The normalized spacial score (nSPS) is 18.9. The Bertz CT molecular complexity index is 361. The summed E-state index contributed by atoms with van der Waals surface area (Å²) in [4.78, 5) is 2.08. The molecule has 0 spiro atoms. The van der Waals surface area contributed by atoms with Crippen molar-refractivity contribution < 1.29 is 8.42 Å². The van der Waals surface area contributed by atoms with Crippen molar-refractivity contribution in [2.45, 2.75) is 38.6 Å². The van der Waals surface area contributed by atoms with Crippen LogP contribution in [0.1, 0.15) is 32.6 Å². The lowest BCUT2D eigenvalue weighted by atomic mass is 10.1.